The predicted molar refractivity (Wildman–Crippen MR) is 96.3 cm³/mol. The van der Waals surface area contributed by atoms with E-state index in [0.717, 1.165) is 5.56 Å². The SMILES string of the molecule is COc1cccc(C(C)(CC(=O)O)NC(=O)c2cc(Cl)ccc2C)c1. The standard InChI is InChI=1S/C19H20ClNO4/c1-12-7-8-14(20)10-16(12)18(24)21-19(2,11-17(22)23)13-5-4-6-15(9-13)25-3/h4-10H,11H2,1-3H3,(H,21,24)(H,22,23). The van der Waals surface area contributed by atoms with Gasteiger partial charge in [-0.05, 0) is 49.2 Å². The minimum absolute atomic E-state index is 0.272. The molecule has 132 valence electrons. The van der Waals surface area contributed by atoms with E-state index in [1.807, 2.05) is 0 Å². The molecule has 1 amide bonds. The molecule has 0 heterocycles. The Bertz CT molecular complexity index is 806. The second kappa shape index (κ2) is 7.57. The fourth-order valence-corrected chi connectivity index (χ4v) is 2.82. The number of amides is 1. The molecule has 1 unspecified atom stereocenters. The van der Waals surface area contributed by atoms with Crippen LogP contribution >= 0.6 is 11.6 Å². The summed E-state index contributed by atoms with van der Waals surface area (Å²) in [6.07, 6.45) is -0.272. The summed E-state index contributed by atoms with van der Waals surface area (Å²) in [5, 5.41) is 12.6. The largest absolute Gasteiger partial charge is 0.497 e. The maximum absolute atomic E-state index is 12.7. The summed E-state index contributed by atoms with van der Waals surface area (Å²) in [4.78, 5) is 24.1. The quantitative estimate of drug-likeness (QED) is 0.821. The Morgan fingerprint density at radius 2 is 1.96 bits per heavy atom. The zero-order chi connectivity index (χ0) is 18.6. The highest BCUT2D eigenvalue weighted by atomic mass is 35.5. The van der Waals surface area contributed by atoms with Gasteiger partial charge in [0.05, 0.1) is 19.1 Å². The summed E-state index contributed by atoms with van der Waals surface area (Å²) in [5.74, 6) is -0.817. The van der Waals surface area contributed by atoms with Crippen molar-refractivity contribution in [1.29, 1.82) is 0 Å². The number of aryl methyl sites for hydroxylation is 1. The predicted octanol–water partition coefficient (Wildman–Crippen LogP) is 3.78. The summed E-state index contributed by atoms with van der Waals surface area (Å²) in [7, 11) is 1.53. The number of carbonyl (C=O) groups is 2. The van der Waals surface area contributed by atoms with Crippen LogP contribution in [0.5, 0.6) is 5.75 Å². The molecule has 0 aliphatic heterocycles. The number of benzene rings is 2. The third kappa shape index (κ3) is 4.51. The first-order valence-corrected chi connectivity index (χ1v) is 8.08. The lowest BCUT2D eigenvalue weighted by Gasteiger charge is -2.30. The third-order valence-corrected chi connectivity index (χ3v) is 4.28. The van der Waals surface area contributed by atoms with E-state index in [1.54, 1.807) is 56.3 Å². The normalized spacial score (nSPS) is 13.0. The molecule has 2 N–H and O–H groups in total. The van der Waals surface area contributed by atoms with E-state index in [0.29, 0.717) is 21.9 Å². The Labute approximate surface area is 151 Å². The molecule has 0 fully saturated rings. The number of methoxy groups -OCH3 is 1. The van der Waals surface area contributed by atoms with Gasteiger partial charge in [-0.2, -0.15) is 0 Å². The number of hydrogen-bond donors (Lipinski definition) is 2. The highest BCUT2D eigenvalue weighted by Gasteiger charge is 2.32. The summed E-state index contributed by atoms with van der Waals surface area (Å²) >= 11 is 5.98. The molecule has 2 aromatic carbocycles. The van der Waals surface area contributed by atoms with Crippen LogP contribution in [0.2, 0.25) is 5.02 Å². The minimum atomic E-state index is -1.10. The van der Waals surface area contributed by atoms with Crippen molar-refractivity contribution in [1.82, 2.24) is 5.32 Å². The van der Waals surface area contributed by atoms with Gasteiger partial charge in [-0.25, -0.2) is 0 Å². The summed E-state index contributed by atoms with van der Waals surface area (Å²) in [6.45, 7) is 3.47. The number of nitrogens with one attached hydrogen (secondary N) is 1. The zero-order valence-electron chi connectivity index (χ0n) is 14.3. The van der Waals surface area contributed by atoms with Crippen molar-refractivity contribution in [2.75, 3.05) is 7.11 Å². The van der Waals surface area contributed by atoms with Crippen molar-refractivity contribution in [2.45, 2.75) is 25.8 Å². The Kier molecular flexibility index (Phi) is 5.69. The van der Waals surface area contributed by atoms with Crippen LogP contribution in [0.3, 0.4) is 0 Å². The van der Waals surface area contributed by atoms with E-state index in [1.165, 1.54) is 7.11 Å². The van der Waals surface area contributed by atoms with Gasteiger partial charge in [-0.3, -0.25) is 9.59 Å². The van der Waals surface area contributed by atoms with E-state index in [-0.39, 0.29) is 12.3 Å². The number of halogens is 1. The average molecular weight is 362 g/mol. The van der Waals surface area contributed by atoms with Crippen LogP contribution < -0.4 is 10.1 Å². The van der Waals surface area contributed by atoms with Crippen LogP contribution in [0.1, 0.15) is 34.8 Å². The van der Waals surface area contributed by atoms with E-state index in [2.05, 4.69) is 5.32 Å². The number of aliphatic carboxylic acids is 1. The third-order valence-electron chi connectivity index (χ3n) is 4.05. The molecular weight excluding hydrogens is 342 g/mol. The first-order valence-electron chi connectivity index (χ1n) is 7.70. The molecule has 0 bridgehead atoms. The smallest absolute Gasteiger partial charge is 0.306 e. The molecule has 0 aliphatic rings. The van der Waals surface area contributed by atoms with Crippen molar-refractivity contribution in [3.05, 3.63) is 64.2 Å². The number of carbonyl (C=O) groups excluding carboxylic acids is 1. The molecule has 0 saturated heterocycles. The van der Waals surface area contributed by atoms with Crippen LogP contribution in [0.4, 0.5) is 0 Å². The molecule has 0 saturated carbocycles. The van der Waals surface area contributed by atoms with Gasteiger partial charge in [0.15, 0.2) is 0 Å². The summed E-state index contributed by atoms with van der Waals surface area (Å²) in [6, 6.07) is 12.0. The van der Waals surface area contributed by atoms with Gasteiger partial charge in [0.1, 0.15) is 5.75 Å². The van der Waals surface area contributed by atoms with Gasteiger partial charge >= 0.3 is 5.97 Å². The Morgan fingerprint density at radius 3 is 2.60 bits per heavy atom. The first kappa shape index (κ1) is 18.8. The van der Waals surface area contributed by atoms with Crippen molar-refractivity contribution in [3.8, 4) is 5.75 Å². The fourth-order valence-electron chi connectivity index (χ4n) is 2.64. The molecular formula is C19H20ClNO4. The number of ether oxygens (including phenoxy) is 1. The topological polar surface area (TPSA) is 75.6 Å². The number of carboxylic acids is 1. The van der Waals surface area contributed by atoms with E-state index in [9.17, 15) is 14.7 Å². The maximum atomic E-state index is 12.7. The van der Waals surface area contributed by atoms with Crippen molar-refractivity contribution in [2.24, 2.45) is 0 Å². The van der Waals surface area contributed by atoms with Crippen molar-refractivity contribution >= 4 is 23.5 Å². The lowest BCUT2D eigenvalue weighted by atomic mass is 9.87. The molecule has 0 aromatic heterocycles. The number of rotatable bonds is 6. The number of hydrogen-bond acceptors (Lipinski definition) is 3. The molecule has 5 nitrogen and oxygen atoms in total. The van der Waals surface area contributed by atoms with Crippen LogP contribution in [0.25, 0.3) is 0 Å². The minimum Gasteiger partial charge on any atom is -0.497 e. The lowest BCUT2D eigenvalue weighted by molar-refractivity contribution is -0.138. The van der Waals surface area contributed by atoms with Gasteiger partial charge in [0.25, 0.3) is 5.91 Å². The Morgan fingerprint density at radius 1 is 1.24 bits per heavy atom. The van der Waals surface area contributed by atoms with E-state index < -0.39 is 11.5 Å². The van der Waals surface area contributed by atoms with Gasteiger partial charge in [0.2, 0.25) is 0 Å². The van der Waals surface area contributed by atoms with Gasteiger partial charge in [-0.1, -0.05) is 29.8 Å². The van der Waals surface area contributed by atoms with Crippen molar-refractivity contribution in [3.63, 3.8) is 0 Å². The van der Waals surface area contributed by atoms with Gasteiger partial charge in [-0.15, -0.1) is 0 Å². The van der Waals surface area contributed by atoms with Gasteiger partial charge < -0.3 is 15.2 Å². The van der Waals surface area contributed by atoms with E-state index >= 15 is 0 Å². The number of carboxylic acid groups (broad SMARTS) is 1. The molecule has 1 atom stereocenters. The van der Waals surface area contributed by atoms with Crippen LogP contribution in [0.15, 0.2) is 42.5 Å². The van der Waals surface area contributed by atoms with Crippen molar-refractivity contribution < 1.29 is 19.4 Å². The molecule has 25 heavy (non-hydrogen) atoms. The summed E-state index contributed by atoms with van der Waals surface area (Å²) < 4.78 is 5.20. The van der Waals surface area contributed by atoms with Gasteiger partial charge in [0, 0.05) is 10.6 Å². The average Bonchev–Trinajstić information content (AvgIpc) is 2.56. The van der Waals surface area contributed by atoms with Crippen LogP contribution in [-0.2, 0) is 10.3 Å². The molecule has 2 aromatic rings. The molecule has 6 heteroatoms. The van der Waals surface area contributed by atoms with E-state index in [4.69, 9.17) is 16.3 Å². The molecule has 0 spiro atoms. The van der Waals surface area contributed by atoms with Crippen LogP contribution in [-0.4, -0.2) is 24.1 Å². The van der Waals surface area contributed by atoms with Crippen LogP contribution in [0, 0.1) is 6.92 Å². The molecule has 2 rings (SSSR count). The lowest BCUT2D eigenvalue weighted by Crippen LogP contribution is -2.45. The second-order valence-electron chi connectivity index (χ2n) is 6.05. The molecule has 0 aliphatic carbocycles. The highest BCUT2D eigenvalue weighted by Crippen LogP contribution is 2.29. The summed E-state index contributed by atoms with van der Waals surface area (Å²) in [5.41, 5.74) is 0.700. The monoisotopic (exact) mass is 361 g/mol. The zero-order valence-corrected chi connectivity index (χ0v) is 15.1. The second-order valence-corrected chi connectivity index (χ2v) is 6.48. The fraction of sp³-hybridized carbons (Fsp3) is 0.263. The molecule has 0 radical (unpaired) electrons. The Hall–Kier alpha value is -2.53. The maximum Gasteiger partial charge on any atom is 0.306 e. The first-order chi connectivity index (χ1) is 11.7. The Balaban J connectivity index is 2.41. The highest BCUT2D eigenvalue weighted by molar-refractivity contribution is 6.31.